The Balaban J connectivity index is 3.00. The number of ether oxygens (including phenoxy) is 1. The van der Waals surface area contributed by atoms with Crippen LogP contribution in [0.25, 0.3) is 5.57 Å². The van der Waals surface area contributed by atoms with Gasteiger partial charge in [0.15, 0.2) is 12.5 Å². The summed E-state index contributed by atoms with van der Waals surface area (Å²) in [5.41, 5.74) is 6.17. The highest BCUT2D eigenvalue weighted by molar-refractivity contribution is 7.11. The van der Waals surface area contributed by atoms with Crippen LogP contribution in [-0.4, -0.2) is 75.2 Å². The summed E-state index contributed by atoms with van der Waals surface area (Å²) in [6, 6.07) is 0. The van der Waals surface area contributed by atoms with E-state index in [0.717, 1.165) is 0 Å². The van der Waals surface area contributed by atoms with Gasteiger partial charge < -0.3 is 30.9 Å². The molecule has 0 saturated heterocycles. The van der Waals surface area contributed by atoms with Crippen molar-refractivity contribution in [3.8, 4) is 0 Å². The van der Waals surface area contributed by atoms with Crippen LogP contribution in [0.1, 0.15) is 29.3 Å². The molecule has 0 aliphatic rings. The standard InChI is InChI=1S/C15H23N3O6S/c1-8(5-19)24-14(13(23)12(22)9(2)21)17-4-10(3-16)15-18-11(6-20)7-25-15/h3-4,6-9,12-14,19,21-23H,5,16H2,1-2H3/b10-3+,17-4-. The summed E-state index contributed by atoms with van der Waals surface area (Å²) in [5.74, 6) is 0. The fourth-order valence-electron chi connectivity index (χ4n) is 1.74. The number of aliphatic imine (C=N–C) groups is 1. The molecule has 0 fully saturated rings. The molecular formula is C15H23N3O6S. The molecule has 0 amide bonds. The fourth-order valence-corrected chi connectivity index (χ4v) is 2.49. The van der Waals surface area contributed by atoms with Gasteiger partial charge in [-0.15, -0.1) is 11.3 Å². The lowest BCUT2D eigenvalue weighted by atomic mass is 10.1. The van der Waals surface area contributed by atoms with Gasteiger partial charge in [0.1, 0.15) is 22.9 Å². The van der Waals surface area contributed by atoms with Crippen molar-refractivity contribution in [3.63, 3.8) is 0 Å². The third-order valence-electron chi connectivity index (χ3n) is 3.19. The number of carbonyl (C=O) groups is 1. The first-order valence-electron chi connectivity index (χ1n) is 7.50. The SMILES string of the molecule is CC(CO)OC(/N=C\C(=C/N)c1nc(C=O)cs1)C(O)C(O)C(C)O. The molecule has 0 aliphatic heterocycles. The van der Waals surface area contributed by atoms with Gasteiger partial charge >= 0.3 is 0 Å². The largest absolute Gasteiger partial charge is 0.404 e. The van der Waals surface area contributed by atoms with Crippen LogP contribution in [0, 0.1) is 0 Å². The molecular weight excluding hydrogens is 350 g/mol. The maximum atomic E-state index is 10.7. The fraction of sp³-hybridized carbons (Fsp3) is 0.533. The van der Waals surface area contributed by atoms with Gasteiger partial charge in [0.2, 0.25) is 0 Å². The Labute approximate surface area is 149 Å². The van der Waals surface area contributed by atoms with E-state index < -0.39 is 30.6 Å². The van der Waals surface area contributed by atoms with Crippen molar-refractivity contribution in [2.24, 2.45) is 10.7 Å². The van der Waals surface area contributed by atoms with Crippen LogP contribution in [0.3, 0.4) is 0 Å². The first-order chi connectivity index (χ1) is 11.8. The predicted octanol–water partition coefficient (Wildman–Crippen LogP) is -0.848. The Kier molecular flexibility index (Phi) is 8.83. The van der Waals surface area contributed by atoms with Crippen LogP contribution in [0.2, 0.25) is 0 Å². The molecule has 0 radical (unpaired) electrons. The van der Waals surface area contributed by atoms with Crippen LogP contribution in [0.5, 0.6) is 0 Å². The quantitative estimate of drug-likeness (QED) is 0.262. The molecule has 0 bridgehead atoms. The van der Waals surface area contributed by atoms with E-state index in [1.54, 1.807) is 12.3 Å². The lowest BCUT2D eigenvalue weighted by Crippen LogP contribution is -2.45. The first kappa shape index (κ1) is 21.4. The number of hydrogen-bond acceptors (Lipinski definition) is 10. The molecule has 1 aromatic heterocycles. The average molecular weight is 373 g/mol. The number of aliphatic hydroxyl groups is 4. The van der Waals surface area contributed by atoms with Crippen molar-refractivity contribution in [3.05, 3.63) is 22.3 Å². The minimum Gasteiger partial charge on any atom is -0.404 e. The molecule has 6 N–H and O–H groups in total. The second kappa shape index (κ2) is 10.3. The van der Waals surface area contributed by atoms with Gasteiger partial charge in [-0.25, -0.2) is 4.98 Å². The van der Waals surface area contributed by atoms with E-state index in [9.17, 15) is 20.1 Å². The van der Waals surface area contributed by atoms with Crippen LogP contribution in [0.4, 0.5) is 0 Å². The summed E-state index contributed by atoms with van der Waals surface area (Å²) in [4.78, 5) is 18.8. The molecule has 10 heteroatoms. The summed E-state index contributed by atoms with van der Waals surface area (Å²) in [5, 5.41) is 40.5. The number of thiazole rings is 1. The zero-order valence-electron chi connectivity index (χ0n) is 13.9. The molecule has 0 spiro atoms. The van der Waals surface area contributed by atoms with E-state index in [1.165, 1.54) is 30.7 Å². The normalized spacial score (nSPS) is 18.7. The lowest BCUT2D eigenvalue weighted by Gasteiger charge is -2.27. The Morgan fingerprint density at radius 2 is 2.08 bits per heavy atom. The number of nitrogens with zero attached hydrogens (tertiary/aromatic N) is 2. The maximum Gasteiger partial charge on any atom is 0.177 e. The summed E-state index contributed by atoms with van der Waals surface area (Å²) >= 11 is 1.18. The zero-order valence-corrected chi connectivity index (χ0v) is 14.7. The summed E-state index contributed by atoms with van der Waals surface area (Å²) in [6.07, 6.45) is -3.06. The molecule has 5 atom stereocenters. The Morgan fingerprint density at radius 3 is 2.56 bits per heavy atom. The van der Waals surface area contributed by atoms with Crippen molar-refractivity contribution in [2.45, 2.75) is 44.5 Å². The van der Waals surface area contributed by atoms with E-state index in [0.29, 0.717) is 16.9 Å². The predicted molar refractivity (Wildman–Crippen MR) is 93.3 cm³/mol. The number of carbonyl (C=O) groups excluding carboxylic acids is 1. The Morgan fingerprint density at radius 1 is 1.40 bits per heavy atom. The van der Waals surface area contributed by atoms with Crippen LogP contribution < -0.4 is 5.73 Å². The number of allylic oxidation sites excluding steroid dienone is 1. The summed E-state index contributed by atoms with van der Waals surface area (Å²) in [6.45, 7) is 2.55. The number of hydrogen-bond donors (Lipinski definition) is 5. The number of aldehydes is 1. The van der Waals surface area contributed by atoms with Gasteiger partial charge in [-0.3, -0.25) is 9.79 Å². The van der Waals surface area contributed by atoms with Gasteiger partial charge in [0.05, 0.1) is 18.8 Å². The molecule has 1 rings (SSSR count). The lowest BCUT2D eigenvalue weighted by molar-refractivity contribution is -0.137. The monoisotopic (exact) mass is 373 g/mol. The highest BCUT2D eigenvalue weighted by atomic mass is 32.1. The minimum atomic E-state index is -1.54. The van der Waals surface area contributed by atoms with E-state index >= 15 is 0 Å². The second-order valence-electron chi connectivity index (χ2n) is 5.34. The molecule has 1 aromatic rings. The third-order valence-corrected chi connectivity index (χ3v) is 4.10. The molecule has 0 aromatic carbocycles. The van der Waals surface area contributed by atoms with Gasteiger partial charge in [-0.05, 0) is 13.8 Å². The molecule has 140 valence electrons. The Bertz CT molecular complexity index is 604. The highest BCUT2D eigenvalue weighted by Gasteiger charge is 2.30. The number of aromatic nitrogens is 1. The molecule has 9 nitrogen and oxygen atoms in total. The number of nitrogens with two attached hydrogens (primary N) is 1. The van der Waals surface area contributed by atoms with Gasteiger partial charge in [0.25, 0.3) is 0 Å². The zero-order chi connectivity index (χ0) is 19.0. The van der Waals surface area contributed by atoms with Gasteiger partial charge in [0, 0.05) is 23.4 Å². The minimum absolute atomic E-state index is 0.249. The van der Waals surface area contributed by atoms with Crippen LogP contribution >= 0.6 is 11.3 Å². The van der Waals surface area contributed by atoms with Gasteiger partial charge in [-0.1, -0.05) is 0 Å². The average Bonchev–Trinajstić information content (AvgIpc) is 3.08. The van der Waals surface area contributed by atoms with Crippen molar-refractivity contribution < 1.29 is 30.0 Å². The highest BCUT2D eigenvalue weighted by Crippen LogP contribution is 2.18. The van der Waals surface area contributed by atoms with Crippen molar-refractivity contribution in [1.29, 1.82) is 0 Å². The van der Waals surface area contributed by atoms with Crippen molar-refractivity contribution in [1.82, 2.24) is 4.98 Å². The maximum absolute atomic E-state index is 10.7. The number of aliphatic hydroxyl groups excluding tert-OH is 4. The smallest absolute Gasteiger partial charge is 0.177 e. The Hall–Kier alpha value is -1.69. The number of rotatable bonds is 10. The first-order valence-corrected chi connectivity index (χ1v) is 8.38. The van der Waals surface area contributed by atoms with Crippen molar-refractivity contribution >= 4 is 29.4 Å². The van der Waals surface area contributed by atoms with Crippen LogP contribution in [0.15, 0.2) is 16.6 Å². The molecule has 25 heavy (non-hydrogen) atoms. The third kappa shape index (κ3) is 6.27. The molecule has 0 saturated carbocycles. The molecule has 1 heterocycles. The topological polar surface area (TPSA) is 158 Å². The summed E-state index contributed by atoms with van der Waals surface area (Å²) in [7, 11) is 0. The van der Waals surface area contributed by atoms with Crippen LogP contribution in [-0.2, 0) is 4.74 Å². The summed E-state index contributed by atoms with van der Waals surface area (Å²) < 4.78 is 5.38. The van der Waals surface area contributed by atoms with E-state index in [2.05, 4.69) is 9.98 Å². The van der Waals surface area contributed by atoms with E-state index in [-0.39, 0.29) is 12.3 Å². The molecule has 0 aliphatic carbocycles. The van der Waals surface area contributed by atoms with E-state index in [1.807, 2.05) is 0 Å². The van der Waals surface area contributed by atoms with E-state index in [4.69, 9.17) is 15.6 Å². The van der Waals surface area contributed by atoms with Crippen molar-refractivity contribution in [2.75, 3.05) is 6.61 Å². The second-order valence-corrected chi connectivity index (χ2v) is 6.20. The van der Waals surface area contributed by atoms with Gasteiger partial charge in [-0.2, -0.15) is 0 Å². The molecule has 5 unspecified atom stereocenters.